The van der Waals surface area contributed by atoms with Gasteiger partial charge >= 0.3 is 5.97 Å². The topological polar surface area (TPSA) is 101 Å². The maximum atomic E-state index is 12.4. The van der Waals surface area contributed by atoms with E-state index in [-0.39, 0.29) is 26.6 Å². The highest BCUT2D eigenvalue weighted by Gasteiger charge is 2.39. The fourth-order valence-electron chi connectivity index (χ4n) is 2.41. The van der Waals surface area contributed by atoms with Crippen LogP contribution in [-0.4, -0.2) is 49.7 Å². The summed E-state index contributed by atoms with van der Waals surface area (Å²) in [6, 6.07) is 9.51. The summed E-state index contributed by atoms with van der Waals surface area (Å²) in [6.07, 6.45) is 0. The van der Waals surface area contributed by atoms with Gasteiger partial charge in [-0.3, -0.25) is 9.59 Å². The first-order valence-electron chi connectivity index (χ1n) is 7.57. The molecule has 1 heterocycles. The van der Waals surface area contributed by atoms with E-state index in [2.05, 4.69) is 0 Å². The molecule has 0 atom stereocenters. The van der Waals surface area contributed by atoms with Gasteiger partial charge in [0.05, 0.1) is 21.7 Å². The third kappa shape index (κ3) is 3.20. The van der Waals surface area contributed by atoms with Gasteiger partial charge in [-0.2, -0.15) is 0 Å². The predicted octanol–water partition coefficient (Wildman–Crippen LogP) is 1.96. The molecule has 2 aromatic carbocycles. The summed E-state index contributed by atoms with van der Waals surface area (Å²) in [5, 5.41) is 0.267. The lowest BCUT2D eigenvalue weighted by molar-refractivity contribution is -0.0584. The standard InChI is InChI=1S/C17H13ClN2O6S/c1-19(2)27(24,25)14-9-10(7-8-13(14)18)17(23)26-20-15(21)11-5-3-4-6-12(11)16(20)22/h3-9H,1-2H3. The lowest BCUT2D eigenvalue weighted by Crippen LogP contribution is -2.32. The number of hydroxylamine groups is 2. The van der Waals surface area contributed by atoms with Crippen molar-refractivity contribution in [3.8, 4) is 0 Å². The van der Waals surface area contributed by atoms with Gasteiger partial charge in [0.1, 0.15) is 4.90 Å². The lowest BCUT2D eigenvalue weighted by atomic mass is 10.1. The molecule has 140 valence electrons. The van der Waals surface area contributed by atoms with Crippen molar-refractivity contribution in [2.45, 2.75) is 4.90 Å². The van der Waals surface area contributed by atoms with E-state index in [1.54, 1.807) is 12.1 Å². The van der Waals surface area contributed by atoms with Crippen LogP contribution in [0.5, 0.6) is 0 Å². The Kier molecular flexibility index (Phi) is 4.77. The molecule has 10 heteroatoms. The predicted molar refractivity (Wildman–Crippen MR) is 94.7 cm³/mol. The van der Waals surface area contributed by atoms with Gasteiger partial charge < -0.3 is 4.84 Å². The summed E-state index contributed by atoms with van der Waals surface area (Å²) in [5.74, 6) is -2.63. The van der Waals surface area contributed by atoms with Crippen LogP contribution in [0, 0.1) is 0 Å². The molecule has 0 aromatic heterocycles. The number of nitrogens with zero attached hydrogens (tertiary/aromatic N) is 2. The van der Waals surface area contributed by atoms with E-state index in [0.29, 0.717) is 5.06 Å². The zero-order valence-corrected chi connectivity index (χ0v) is 15.7. The number of carbonyl (C=O) groups excluding carboxylic acids is 3. The summed E-state index contributed by atoms with van der Waals surface area (Å²) in [4.78, 5) is 41.5. The number of hydrogen-bond donors (Lipinski definition) is 0. The van der Waals surface area contributed by atoms with Gasteiger partial charge in [0.15, 0.2) is 0 Å². The first-order valence-corrected chi connectivity index (χ1v) is 9.38. The van der Waals surface area contributed by atoms with E-state index >= 15 is 0 Å². The zero-order valence-electron chi connectivity index (χ0n) is 14.2. The quantitative estimate of drug-likeness (QED) is 0.717. The summed E-state index contributed by atoms with van der Waals surface area (Å²) in [6.45, 7) is 0. The number of sulfonamides is 1. The second-order valence-electron chi connectivity index (χ2n) is 5.76. The fourth-order valence-corrected chi connectivity index (χ4v) is 3.80. The van der Waals surface area contributed by atoms with Crippen molar-refractivity contribution in [2.75, 3.05) is 14.1 Å². The summed E-state index contributed by atoms with van der Waals surface area (Å²) in [5.41, 5.74) is 0.0425. The maximum absolute atomic E-state index is 12.4. The van der Waals surface area contributed by atoms with Gasteiger partial charge in [0, 0.05) is 14.1 Å². The minimum atomic E-state index is -3.91. The summed E-state index contributed by atoms with van der Waals surface area (Å²) in [7, 11) is -1.28. The first kappa shape index (κ1) is 19.0. The van der Waals surface area contributed by atoms with Crippen molar-refractivity contribution >= 4 is 39.4 Å². The van der Waals surface area contributed by atoms with Gasteiger partial charge in [-0.05, 0) is 30.3 Å². The average molecular weight is 409 g/mol. The molecule has 0 unspecified atom stereocenters. The Labute approximate surface area is 159 Å². The van der Waals surface area contributed by atoms with E-state index in [1.807, 2.05) is 0 Å². The molecule has 0 N–H and O–H groups in total. The van der Waals surface area contributed by atoms with Crippen molar-refractivity contribution in [2.24, 2.45) is 0 Å². The second kappa shape index (κ2) is 6.76. The van der Waals surface area contributed by atoms with Crippen LogP contribution < -0.4 is 0 Å². The largest absolute Gasteiger partial charge is 0.363 e. The van der Waals surface area contributed by atoms with Crippen LogP contribution in [0.2, 0.25) is 5.02 Å². The van der Waals surface area contributed by atoms with Crippen molar-refractivity contribution < 1.29 is 27.6 Å². The molecule has 0 saturated heterocycles. The van der Waals surface area contributed by atoms with Gasteiger partial charge in [0.2, 0.25) is 10.0 Å². The molecule has 1 aliphatic heterocycles. The second-order valence-corrected chi connectivity index (χ2v) is 8.29. The molecule has 1 aliphatic rings. The Morgan fingerprint density at radius 3 is 2.11 bits per heavy atom. The molecular formula is C17H13ClN2O6S. The fraction of sp³-hybridized carbons (Fsp3) is 0.118. The van der Waals surface area contributed by atoms with Gasteiger partial charge in [0.25, 0.3) is 11.8 Å². The normalized spacial score (nSPS) is 13.9. The molecule has 0 bridgehead atoms. The number of carbonyl (C=O) groups is 3. The molecule has 0 radical (unpaired) electrons. The van der Waals surface area contributed by atoms with Crippen LogP contribution in [0.3, 0.4) is 0 Å². The van der Waals surface area contributed by atoms with Crippen LogP contribution >= 0.6 is 11.6 Å². The Morgan fingerprint density at radius 1 is 1.04 bits per heavy atom. The highest BCUT2D eigenvalue weighted by molar-refractivity contribution is 7.89. The molecule has 0 aliphatic carbocycles. The third-order valence-electron chi connectivity index (χ3n) is 3.86. The Morgan fingerprint density at radius 2 is 1.59 bits per heavy atom. The van der Waals surface area contributed by atoms with Crippen LogP contribution in [0.4, 0.5) is 0 Å². The molecule has 0 spiro atoms. The molecule has 0 saturated carbocycles. The van der Waals surface area contributed by atoms with E-state index in [9.17, 15) is 22.8 Å². The Hall–Kier alpha value is -2.75. The maximum Gasteiger partial charge on any atom is 0.363 e. The molecule has 2 amide bonds. The lowest BCUT2D eigenvalue weighted by Gasteiger charge is -2.15. The number of rotatable bonds is 4. The molecule has 8 nitrogen and oxygen atoms in total. The number of hydrogen-bond acceptors (Lipinski definition) is 6. The van der Waals surface area contributed by atoms with Gasteiger partial charge in [-0.25, -0.2) is 17.5 Å². The zero-order chi connectivity index (χ0) is 19.9. The highest BCUT2D eigenvalue weighted by atomic mass is 35.5. The minimum absolute atomic E-state index is 0.0824. The smallest absolute Gasteiger partial charge is 0.324 e. The van der Waals surface area contributed by atoms with Crippen LogP contribution in [0.1, 0.15) is 31.1 Å². The summed E-state index contributed by atoms with van der Waals surface area (Å²) < 4.78 is 25.5. The molecule has 0 fully saturated rings. The van der Waals surface area contributed by atoms with Crippen molar-refractivity contribution in [1.29, 1.82) is 0 Å². The SMILES string of the molecule is CN(C)S(=O)(=O)c1cc(C(=O)ON2C(=O)c3ccccc3C2=O)ccc1Cl. The Balaban J connectivity index is 1.91. The monoisotopic (exact) mass is 408 g/mol. The van der Waals surface area contributed by atoms with Crippen LogP contribution in [0.25, 0.3) is 0 Å². The van der Waals surface area contributed by atoms with E-state index in [1.165, 1.54) is 38.4 Å². The molecule has 2 aromatic rings. The molecular weight excluding hydrogens is 396 g/mol. The van der Waals surface area contributed by atoms with Gasteiger partial charge in [-0.15, -0.1) is 0 Å². The summed E-state index contributed by atoms with van der Waals surface area (Å²) >= 11 is 5.93. The Bertz CT molecular complexity index is 1050. The van der Waals surface area contributed by atoms with Gasteiger partial charge in [-0.1, -0.05) is 28.8 Å². The number of imide groups is 1. The minimum Gasteiger partial charge on any atom is -0.324 e. The number of halogens is 1. The molecule has 3 rings (SSSR count). The van der Waals surface area contributed by atoms with Crippen molar-refractivity contribution in [1.82, 2.24) is 9.37 Å². The van der Waals surface area contributed by atoms with E-state index in [4.69, 9.17) is 16.4 Å². The highest BCUT2D eigenvalue weighted by Crippen LogP contribution is 2.27. The number of fused-ring (bicyclic) bond motifs is 1. The number of benzene rings is 2. The van der Waals surface area contributed by atoms with E-state index in [0.717, 1.165) is 10.4 Å². The van der Waals surface area contributed by atoms with Crippen LogP contribution in [0.15, 0.2) is 47.4 Å². The molecule has 27 heavy (non-hydrogen) atoms. The van der Waals surface area contributed by atoms with E-state index < -0.39 is 27.8 Å². The van der Waals surface area contributed by atoms with Crippen molar-refractivity contribution in [3.63, 3.8) is 0 Å². The average Bonchev–Trinajstić information content (AvgIpc) is 2.87. The van der Waals surface area contributed by atoms with Crippen LogP contribution in [-0.2, 0) is 14.9 Å². The number of amides is 2. The van der Waals surface area contributed by atoms with Crippen molar-refractivity contribution in [3.05, 3.63) is 64.2 Å². The third-order valence-corrected chi connectivity index (χ3v) is 6.15. The first-order chi connectivity index (χ1) is 12.6.